The fourth-order valence-corrected chi connectivity index (χ4v) is 5.30. The lowest BCUT2D eigenvalue weighted by molar-refractivity contribution is -0.274. The van der Waals surface area contributed by atoms with Crippen molar-refractivity contribution in [2.75, 3.05) is 23.7 Å². The molecule has 12 heteroatoms. The van der Waals surface area contributed by atoms with Gasteiger partial charge in [0.1, 0.15) is 17.9 Å². The Kier molecular flexibility index (Phi) is 10.2. The van der Waals surface area contributed by atoms with Crippen molar-refractivity contribution in [2.45, 2.75) is 33.1 Å². The summed E-state index contributed by atoms with van der Waals surface area (Å²) in [5, 5.41) is 3.60. The molecular formula is C30H31F3N6O2S. The van der Waals surface area contributed by atoms with Gasteiger partial charge in [0.2, 0.25) is 0 Å². The second kappa shape index (κ2) is 14.0. The molecule has 0 spiro atoms. The Hall–Kier alpha value is -4.32. The van der Waals surface area contributed by atoms with Gasteiger partial charge in [-0.25, -0.2) is 14.8 Å². The van der Waals surface area contributed by atoms with Crippen LogP contribution in [0.4, 0.5) is 29.3 Å². The van der Waals surface area contributed by atoms with E-state index in [2.05, 4.69) is 55.9 Å². The van der Waals surface area contributed by atoms with Gasteiger partial charge in [0, 0.05) is 30.1 Å². The summed E-state index contributed by atoms with van der Waals surface area (Å²) in [7, 11) is 0. The number of benzene rings is 3. The quantitative estimate of drug-likeness (QED) is 0.166. The second-order valence-electron chi connectivity index (χ2n) is 9.47. The van der Waals surface area contributed by atoms with Gasteiger partial charge in [-0.3, -0.25) is 0 Å². The molecule has 1 aliphatic rings. The number of urea groups is 1. The molecule has 0 aliphatic carbocycles. The number of ether oxygens (including phenoxy) is 1. The fourth-order valence-electron chi connectivity index (χ4n) is 4.36. The molecule has 0 aromatic heterocycles. The van der Waals surface area contributed by atoms with Crippen LogP contribution in [0.1, 0.15) is 28.7 Å². The van der Waals surface area contributed by atoms with Crippen molar-refractivity contribution in [1.29, 1.82) is 0 Å². The van der Waals surface area contributed by atoms with Crippen molar-refractivity contribution in [2.24, 2.45) is 20.7 Å². The van der Waals surface area contributed by atoms with Crippen LogP contribution in [-0.4, -0.2) is 48.6 Å². The first-order valence-corrected chi connectivity index (χ1v) is 14.2. The van der Waals surface area contributed by atoms with Crippen LogP contribution < -0.4 is 20.7 Å². The Morgan fingerprint density at radius 2 is 1.76 bits per heavy atom. The van der Waals surface area contributed by atoms with Crippen molar-refractivity contribution in [3.05, 3.63) is 89.0 Å². The lowest BCUT2D eigenvalue weighted by atomic mass is 10.1. The number of nitrogens with one attached hydrogen (secondary N) is 1. The van der Waals surface area contributed by atoms with E-state index in [1.54, 1.807) is 11.8 Å². The van der Waals surface area contributed by atoms with Gasteiger partial charge in [0.15, 0.2) is 5.17 Å². The molecule has 0 bridgehead atoms. The number of nitrogens with two attached hydrogens (primary N) is 1. The van der Waals surface area contributed by atoms with Crippen molar-refractivity contribution >= 4 is 46.5 Å². The number of aryl methyl sites for hydroxylation is 3. The molecular weight excluding hydrogens is 565 g/mol. The minimum absolute atomic E-state index is 0.244. The van der Waals surface area contributed by atoms with Crippen molar-refractivity contribution in [3.63, 3.8) is 0 Å². The van der Waals surface area contributed by atoms with Crippen LogP contribution in [-0.2, 0) is 6.42 Å². The summed E-state index contributed by atoms with van der Waals surface area (Å²) in [5.74, 6) is 0.799. The molecule has 0 atom stereocenters. The summed E-state index contributed by atoms with van der Waals surface area (Å²) in [5.41, 5.74) is 11.6. The summed E-state index contributed by atoms with van der Waals surface area (Å²) < 4.78 is 40.6. The number of hydrogen-bond acceptors (Lipinski definition) is 4. The molecule has 3 aromatic carbocycles. The maximum Gasteiger partial charge on any atom is 0.573 e. The van der Waals surface area contributed by atoms with Crippen LogP contribution in [0.15, 0.2) is 81.7 Å². The Labute approximate surface area is 246 Å². The summed E-state index contributed by atoms with van der Waals surface area (Å²) >= 11 is 1.58. The van der Waals surface area contributed by atoms with E-state index in [1.165, 1.54) is 30.6 Å². The minimum atomic E-state index is -4.75. The SMILES string of the molecule is Cc1cccc(C)c1N1CCS/C1=N\C(=O)NCCCc1ccc(C(N)=NC=Nc2ccc(OC(F)(F)F)cc2)cc1. The van der Waals surface area contributed by atoms with Crippen LogP contribution in [0.2, 0.25) is 0 Å². The van der Waals surface area contributed by atoms with E-state index in [-0.39, 0.29) is 17.6 Å². The van der Waals surface area contributed by atoms with Crippen molar-refractivity contribution in [1.82, 2.24) is 5.32 Å². The predicted octanol–water partition coefficient (Wildman–Crippen LogP) is 6.52. The van der Waals surface area contributed by atoms with Gasteiger partial charge < -0.3 is 20.7 Å². The average molecular weight is 597 g/mol. The third-order valence-corrected chi connectivity index (χ3v) is 7.28. The molecule has 4 rings (SSSR count). The Morgan fingerprint density at radius 3 is 2.43 bits per heavy atom. The number of amides is 2. The predicted molar refractivity (Wildman–Crippen MR) is 163 cm³/mol. The van der Waals surface area contributed by atoms with Gasteiger partial charge in [-0.2, -0.15) is 4.99 Å². The molecule has 3 aromatic rings. The number of alkyl halides is 3. The fraction of sp³-hybridized carbons (Fsp3) is 0.267. The van der Waals surface area contributed by atoms with E-state index in [4.69, 9.17) is 5.73 Å². The summed E-state index contributed by atoms with van der Waals surface area (Å²) in [6.07, 6.45) is -2.01. The van der Waals surface area contributed by atoms with Gasteiger partial charge in [-0.15, -0.1) is 13.2 Å². The van der Waals surface area contributed by atoms with Crippen LogP contribution in [0.5, 0.6) is 5.75 Å². The van der Waals surface area contributed by atoms with Crippen molar-refractivity contribution < 1.29 is 22.7 Å². The number of halogens is 3. The smallest absolute Gasteiger partial charge is 0.406 e. The Bertz CT molecular complexity index is 1450. The number of hydrogen-bond donors (Lipinski definition) is 2. The molecule has 0 radical (unpaired) electrons. The summed E-state index contributed by atoms with van der Waals surface area (Å²) in [6, 6.07) is 18.5. The molecule has 1 aliphatic heterocycles. The van der Waals surface area contributed by atoms with E-state index in [0.29, 0.717) is 17.8 Å². The van der Waals surface area contributed by atoms with E-state index in [1.807, 2.05) is 30.3 Å². The average Bonchev–Trinajstić information content (AvgIpc) is 3.38. The second-order valence-corrected chi connectivity index (χ2v) is 10.5. The zero-order chi connectivity index (χ0) is 30.1. The standard InChI is InChI=1S/C30H31F3N6O2S/c1-20-5-3-6-21(2)26(20)39-17-18-42-29(39)38-28(40)35-16-4-7-22-8-10-23(11-9-22)27(34)37-19-36-24-12-14-25(15-13-24)41-30(31,32)33/h3,5-6,8-15,19H,4,7,16-18H2,1-2H3,(H,35,40)(H2,34,36,37)/b38-29-. The molecule has 1 fully saturated rings. The molecule has 0 unspecified atom stereocenters. The van der Waals surface area contributed by atoms with E-state index < -0.39 is 6.36 Å². The highest BCUT2D eigenvalue weighted by atomic mass is 32.2. The first-order chi connectivity index (χ1) is 20.1. The third kappa shape index (κ3) is 8.84. The maximum atomic E-state index is 12.5. The first kappa shape index (κ1) is 30.6. The monoisotopic (exact) mass is 596 g/mol. The zero-order valence-corrected chi connectivity index (χ0v) is 24.0. The summed E-state index contributed by atoms with van der Waals surface area (Å²) in [6.45, 7) is 5.45. The van der Waals surface area contributed by atoms with Crippen LogP contribution in [0.25, 0.3) is 0 Å². The number of amidine groups is 2. The Balaban J connectivity index is 1.23. The number of anilines is 1. The molecule has 1 heterocycles. The normalized spacial score (nSPS) is 15.0. The van der Waals surface area contributed by atoms with Gasteiger partial charge >= 0.3 is 12.4 Å². The number of rotatable bonds is 9. The van der Waals surface area contributed by atoms with Crippen LogP contribution in [0, 0.1) is 13.8 Å². The first-order valence-electron chi connectivity index (χ1n) is 13.2. The van der Waals surface area contributed by atoms with E-state index in [0.717, 1.165) is 52.7 Å². The van der Waals surface area contributed by atoms with Gasteiger partial charge in [-0.1, -0.05) is 54.2 Å². The minimum Gasteiger partial charge on any atom is -0.406 e. The highest BCUT2D eigenvalue weighted by Gasteiger charge is 2.31. The van der Waals surface area contributed by atoms with Gasteiger partial charge in [0.05, 0.1) is 5.69 Å². The topological polar surface area (TPSA) is 105 Å². The molecule has 3 N–H and O–H groups in total. The molecule has 0 saturated carbocycles. The molecule has 42 heavy (non-hydrogen) atoms. The summed E-state index contributed by atoms with van der Waals surface area (Å²) in [4.78, 5) is 27.1. The Morgan fingerprint density at radius 1 is 1.07 bits per heavy atom. The van der Waals surface area contributed by atoms with Gasteiger partial charge in [-0.05, 0) is 67.6 Å². The number of thioether (sulfide) groups is 1. The van der Waals surface area contributed by atoms with E-state index in [9.17, 15) is 18.0 Å². The highest BCUT2D eigenvalue weighted by Crippen LogP contribution is 2.31. The maximum absolute atomic E-state index is 12.5. The number of para-hydroxylation sites is 1. The number of aliphatic imine (C=N–C) groups is 3. The molecule has 2 amide bonds. The molecule has 8 nitrogen and oxygen atoms in total. The molecule has 220 valence electrons. The number of nitrogens with zero attached hydrogens (tertiary/aromatic N) is 4. The molecule has 1 saturated heterocycles. The largest absolute Gasteiger partial charge is 0.573 e. The third-order valence-electron chi connectivity index (χ3n) is 6.33. The number of carbonyl (C=O) groups is 1. The van der Waals surface area contributed by atoms with E-state index >= 15 is 0 Å². The van der Waals surface area contributed by atoms with Crippen molar-refractivity contribution in [3.8, 4) is 5.75 Å². The lowest BCUT2D eigenvalue weighted by Gasteiger charge is -2.22. The zero-order valence-electron chi connectivity index (χ0n) is 23.2. The highest BCUT2D eigenvalue weighted by molar-refractivity contribution is 8.14. The lowest BCUT2D eigenvalue weighted by Crippen LogP contribution is -2.29. The van der Waals surface area contributed by atoms with Gasteiger partial charge in [0.25, 0.3) is 0 Å². The number of carbonyl (C=O) groups excluding carboxylic acids is 1. The van der Waals surface area contributed by atoms with Crippen LogP contribution >= 0.6 is 11.8 Å². The van der Waals surface area contributed by atoms with Crippen LogP contribution in [0.3, 0.4) is 0 Å².